The largest absolute Gasteiger partial charge is 0.399 e. The van der Waals surface area contributed by atoms with Crippen molar-refractivity contribution in [2.24, 2.45) is 0 Å². The van der Waals surface area contributed by atoms with E-state index in [9.17, 15) is 12.8 Å². The van der Waals surface area contributed by atoms with Gasteiger partial charge in [0.2, 0.25) is 0 Å². The number of nitrogens with two attached hydrogens (primary N) is 1. The zero-order valence-corrected chi connectivity index (χ0v) is 12.9. The Labute approximate surface area is 125 Å². The minimum Gasteiger partial charge on any atom is -0.399 e. The van der Waals surface area contributed by atoms with E-state index < -0.39 is 20.7 Å². The molecule has 7 heteroatoms. The van der Waals surface area contributed by atoms with E-state index in [1.165, 1.54) is 6.07 Å². The van der Waals surface area contributed by atoms with Gasteiger partial charge in [0.05, 0.1) is 5.69 Å². The second-order valence-corrected chi connectivity index (χ2v) is 6.82. The fourth-order valence-electron chi connectivity index (χ4n) is 1.64. The van der Waals surface area contributed by atoms with Gasteiger partial charge in [-0.1, -0.05) is 22.0 Å². The molecule has 2 aromatic rings. The van der Waals surface area contributed by atoms with Gasteiger partial charge in [0, 0.05) is 10.2 Å². The highest BCUT2D eigenvalue weighted by atomic mass is 79.9. The van der Waals surface area contributed by atoms with Crippen LogP contribution in [0.3, 0.4) is 0 Å². The number of halogens is 2. The number of aryl methyl sites for hydroxylation is 1. The molecule has 0 aliphatic heterocycles. The lowest BCUT2D eigenvalue weighted by molar-refractivity contribution is 0.571. The van der Waals surface area contributed by atoms with Crippen LogP contribution in [0.5, 0.6) is 0 Å². The van der Waals surface area contributed by atoms with Crippen molar-refractivity contribution in [3.63, 3.8) is 0 Å². The average Bonchev–Trinajstić information content (AvgIpc) is 2.33. The first-order valence-electron chi connectivity index (χ1n) is 5.63. The van der Waals surface area contributed by atoms with E-state index in [4.69, 9.17) is 5.73 Å². The number of hydrogen-bond donors (Lipinski definition) is 2. The van der Waals surface area contributed by atoms with Crippen LogP contribution in [0.1, 0.15) is 5.56 Å². The van der Waals surface area contributed by atoms with Crippen molar-refractivity contribution in [3.8, 4) is 0 Å². The maximum absolute atomic E-state index is 13.7. The summed E-state index contributed by atoms with van der Waals surface area (Å²) in [5, 5.41) is 0. The monoisotopic (exact) mass is 358 g/mol. The number of nitrogen functional groups attached to an aromatic ring is 1. The van der Waals surface area contributed by atoms with Gasteiger partial charge in [-0.15, -0.1) is 0 Å². The molecule has 0 aliphatic carbocycles. The van der Waals surface area contributed by atoms with Crippen LogP contribution in [-0.4, -0.2) is 8.42 Å². The SMILES string of the molecule is Cc1ccc(Br)cc1NS(=O)(=O)c1ccc(N)cc1F. The first kappa shape index (κ1) is 14.8. The highest BCUT2D eigenvalue weighted by Crippen LogP contribution is 2.25. The third kappa shape index (κ3) is 3.10. The Kier molecular flexibility index (Phi) is 4.01. The van der Waals surface area contributed by atoms with E-state index >= 15 is 0 Å². The first-order chi connectivity index (χ1) is 9.29. The lowest BCUT2D eigenvalue weighted by atomic mass is 10.2. The van der Waals surface area contributed by atoms with E-state index in [2.05, 4.69) is 20.7 Å². The van der Waals surface area contributed by atoms with E-state index in [-0.39, 0.29) is 5.69 Å². The third-order valence-corrected chi connectivity index (χ3v) is 4.58. The number of rotatable bonds is 3. The van der Waals surface area contributed by atoms with E-state index in [1.807, 2.05) is 0 Å². The van der Waals surface area contributed by atoms with Gasteiger partial charge in [-0.05, 0) is 42.8 Å². The zero-order valence-electron chi connectivity index (χ0n) is 10.5. The topological polar surface area (TPSA) is 72.2 Å². The molecule has 0 unspecified atom stereocenters. The third-order valence-electron chi connectivity index (χ3n) is 2.69. The molecular weight excluding hydrogens is 347 g/mol. The minimum absolute atomic E-state index is 0.167. The van der Waals surface area contributed by atoms with Crippen molar-refractivity contribution in [2.45, 2.75) is 11.8 Å². The Morgan fingerprint density at radius 3 is 2.55 bits per heavy atom. The van der Waals surface area contributed by atoms with Gasteiger partial charge >= 0.3 is 0 Å². The fraction of sp³-hybridized carbons (Fsp3) is 0.0769. The van der Waals surface area contributed by atoms with Crippen molar-refractivity contribution < 1.29 is 12.8 Å². The van der Waals surface area contributed by atoms with Crippen LogP contribution in [0, 0.1) is 12.7 Å². The molecule has 0 amide bonds. The van der Waals surface area contributed by atoms with Crippen LogP contribution >= 0.6 is 15.9 Å². The van der Waals surface area contributed by atoms with Gasteiger partial charge in [-0.2, -0.15) is 0 Å². The maximum atomic E-state index is 13.7. The van der Waals surface area contributed by atoms with Crippen LogP contribution in [0.4, 0.5) is 15.8 Å². The Morgan fingerprint density at radius 2 is 1.90 bits per heavy atom. The molecular formula is C13H12BrFN2O2S. The second-order valence-electron chi connectivity index (χ2n) is 4.25. The number of hydrogen-bond acceptors (Lipinski definition) is 3. The Morgan fingerprint density at radius 1 is 1.20 bits per heavy atom. The van der Waals surface area contributed by atoms with E-state index in [0.717, 1.165) is 22.2 Å². The number of sulfonamides is 1. The summed E-state index contributed by atoms with van der Waals surface area (Å²) in [5.41, 5.74) is 6.69. The molecule has 0 aromatic heterocycles. The fourth-order valence-corrected chi connectivity index (χ4v) is 3.18. The first-order valence-corrected chi connectivity index (χ1v) is 7.91. The molecule has 0 saturated heterocycles. The minimum atomic E-state index is -4.00. The molecule has 2 aromatic carbocycles. The number of benzene rings is 2. The molecule has 0 bridgehead atoms. The van der Waals surface area contributed by atoms with Crippen molar-refractivity contribution in [1.29, 1.82) is 0 Å². The second kappa shape index (κ2) is 5.41. The standard InChI is InChI=1S/C13H12BrFN2O2S/c1-8-2-3-9(14)6-12(8)17-20(18,19)13-5-4-10(16)7-11(13)15/h2-7,17H,16H2,1H3. The van der Waals surface area contributed by atoms with Crippen molar-refractivity contribution in [1.82, 2.24) is 0 Å². The van der Waals surface area contributed by atoms with Crippen molar-refractivity contribution in [3.05, 3.63) is 52.3 Å². The molecule has 0 radical (unpaired) electrons. The lowest BCUT2D eigenvalue weighted by Crippen LogP contribution is -2.15. The van der Waals surface area contributed by atoms with Crippen LogP contribution < -0.4 is 10.5 Å². The van der Waals surface area contributed by atoms with Gasteiger partial charge in [-0.3, -0.25) is 4.72 Å². The van der Waals surface area contributed by atoms with Crippen LogP contribution in [-0.2, 0) is 10.0 Å². The Balaban J connectivity index is 2.43. The highest BCUT2D eigenvalue weighted by molar-refractivity contribution is 9.10. The van der Waals surface area contributed by atoms with Gasteiger partial charge in [-0.25, -0.2) is 12.8 Å². The normalized spacial score (nSPS) is 11.3. The summed E-state index contributed by atoms with van der Waals surface area (Å²) in [5.74, 6) is -0.884. The van der Waals surface area contributed by atoms with Gasteiger partial charge in [0.15, 0.2) is 0 Å². The van der Waals surface area contributed by atoms with E-state index in [0.29, 0.717) is 5.69 Å². The van der Waals surface area contributed by atoms with Crippen molar-refractivity contribution in [2.75, 3.05) is 10.5 Å². The van der Waals surface area contributed by atoms with Crippen LogP contribution in [0.25, 0.3) is 0 Å². The van der Waals surface area contributed by atoms with Crippen LogP contribution in [0.15, 0.2) is 45.8 Å². The lowest BCUT2D eigenvalue weighted by Gasteiger charge is -2.11. The summed E-state index contributed by atoms with van der Waals surface area (Å²) < 4.78 is 41.2. The molecule has 0 aliphatic rings. The average molecular weight is 359 g/mol. The highest BCUT2D eigenvalue weighted by Gasteiger charge is 2.20. The smallest absolute Gasteiger partial charge is 0.264 e. The molecule has 0 saturated carbocycles. The molecule has 2 rings (SSSR count). The maximum Gasteiger partial charge on any atom is 0.264 e. The molecule has 4 nitrogen and oxygen atoms in total. The summed E-state index contributed by atoms with van der Waals surface area (Å²) >= 11 is 3.26. The van der Waals surface area contributed by atoms with Crippen LogP contribution in [0.2, 0.25) is 0 Å². The Hall–Kier alpha value is -1.60. The number of nitrogens with one attached hydrogen (secondary N) is 1. The van der Waals surface area contributed by atoms with Gasteiger partial charge in [0.1, 0.15) is 10.7 Å². The molecule has 20 heavy (non-hydrogen) atoms. The van der Waals surface area contributed by atoms with Gasteiger partial charge in [0.25, 0.3) is 10.0 Å². The summed E-state index contributed by atoms with van der Waals surface area (Å²) in [7, 11) is -4.00. The predicted molar refractivity (Wildman–Crippen MR) is 80.5 cm³/mol. The summed E-state index contributed by atoms with van der Waals surface area (Å²) in [6, 6.07) is 8.61. The quantitative estimate of drug-likeness (QED) is 0.827. The zero-order chi connectivity index (χ0) is 14.9. The number of anilines is 2. The summed E-state index contributed by atoms with van der Waals surface area (Å²) in [6.07, 6.45) is 0. The molecule has 3 N–H and O–H groups in total. The molecule has 0 fully saturated rings. The Bertz CT molecular complexity index is 763. The predicted octanol–water partition coefficient (Wildman–Crippen LogP) is 3.28. The van der Waals surface area contributed by atoms with E-state index in [1.54, 1.807) is 25.1 Å². The molecule has 0 heterocycles. The summed E-state index contributed by atoms with van der Waals surface area (Å²) in [4.78, 5) is -0.439. The molecule has 106 valence electrons. The molecule has 0 spiro atoms. The summed E-state index contributed by atoms with van der Waals surface area (Å²) in [6.45, 7) is 1.75. The molecule has 0 atom stereocenters. The van der Waals surface area contributed by atoms with Crippen molar-refractivity contribution >= 4 is 37.3 Å². The van der Waals surface area contributed by atoms with Gasteiger partial charge < -0.3 is 5.73 Å².